The van der Waals surface area contributed by atoms with Crippen LogP contribution in [-0.4, -0.2) is 0 Å². The Kier molecular flexibility index (Phi) is 8.56. The standard InChI is InChI=1S/C25H39Br/c1-2-3-4-5-6-7-20-8-10-21(11-9-20)22-12-14-23(15-13-22)24-16-18-25(26)19-17-24/h16-23H,2-15H2,1H3/t20-,21-,22-,23-. The summed E-state index contributed by atoms with van der Waals surface area (Å²) in [5.41, 5.74) is 1.57. The number of hydrogen-bond donors (Lipinski definition) is 0. The van der Waals surface area contributed by atoms with Crippen LogP contribution in [0.3, 0.4) is 0 Å². The molecule has 1 aromatic carbocycles. The molecule has 2 fully saturated rings. The molecule has 0 aromatic heterocycles. The summed E-state index contributed by atoms with van der Waals surface area (Å²) in [5, 5.41) is 0. The SMILES string of the molecule is CCCCCCC[C@H]1CC[C@H]([C@H]2CC[C@H](c3ccc(Br)cc3)CC2)CC1. The predicted octanol–water partition coefficient (Wildman–Crippen LogP) is 8.89. The first-order valence-corrected chi connectivity index (χ1v) is 12.3. The van der Waals surface area contributed by atoms with Crippen LogP contribution in [0.1, 0.15) is 108 Å². The molecule has 0 atom stereocenters. The molecule has 146 valence electrons. The average molecular weight is 419 g/mol. The van der Waals surface area contributed by atoms with Crippen LogP contribution in [0.25, 0.3) is 0 Å². The van der Waals surface area contributed by atoms with Crippen molar-refractivity contribution >= 4 is 15.9 Å². The maximum atomic E-state index is 3.56. The number of hydrogen-bond acceptors (Lipinski definition) is 0. The second-order valence-corrected chi connectivity index (χ2v) is 10.1. The summed E-state index contributed by atoms with van der Waals surface area (Å²) in [5.74, 6) is 3.97. The third kappa shape index (κ3) is 6.11. The van der Waals surface area contributed by atoms with Crippen molar-refractivity contribution in [3.63, 3.8) is 0 Å². The zero-order valence-electron chi connectivity index (χ0n) is 16.9. The van der Waals surface area contributed by atoms with Crippen LogP contribution in [0.15, 0.2) is 28.7 Å². The minimum Gasteiger partial charge on any atom is -0.0654 e. The number of halogens is 1. The minimum absolute atomic E-state index is 0.818. The molecule has 0 bridgehead atoms. The number of benzene rings is 1. The van der Waals surface area contributed by atoms with E-state index in [4.69, 9.17) is 0 Å². The van der Waals surface area contributed by atoms with Gasteiger partial charge in [0, 0.05) is 4.47 Å². The lowest BCUT2D eigenvalue weighted by Crippen LogP contribution is -2.25. The Hall–Kier alpha value is -0.300. The molecule has 0 heterocycles. The normalized spacial score (nSPS) is 29.6. The first kappa shape index (κ1) is 20.4. The second kappa shape index (κ2) is 10.9. The van der Waals surface area contributed by atoms with E-state index < -0.39 is 0 Å². The summed E-state index contributed by atoms with van der Waals surface area (Å²) >= 11 is 3.56. The Balaban J connectivity index is 1.34. The van der Waals surface area contributed by atoms with E-state index in [1.165, 1.54) is 94.4 Å². The third-order valence-electron chi connectivity index (χ3n) is 7.39. The van der Waals surface area contributed by atoms with E-state index in [9.17, 15) is 0 Å². The first-order chi connectivity index (χ1) is 12.8. The molecule has 0 amide bonds. The maximum Gasteiger partial charge on any atom is 0.0175 e. The Morgan fingerprint density at radius 3 is 1.92 bits per heavy atom. The first-order valence-electron chi connectivity index (χ1n) is 11.5. The molecule has 0 aliphatic heterocycles. The summed E-state index contributed by atoms with van der Waals surface area (Å²) < 4.78 is 1.21. The summed E-state index contributed by atoms with van der Waals surface area (Å²) in [4.78, 5) is 0. The van der Waals surface area contributed by atoms with Crippen molar-refractivity contribution in [1.29, 1.82) is 0 Å². The molecule has 0 radical (unpaired) electrons. The lowest BCUT2D eigenvalue weighted by atomic mass is 9.68. The molecular formula is C25H39Br. The van der Waals surface area contributed by atoms with Gasteiger partial charge in [0.25, 0.3) is 0 Å². The summed E-state index contributed by atoms with van der Waals surface area (Å²) in [6.45, 7) is 2.31. The van der Waals surface area contributed by atoms with Crippen LogP contribution in [0.4, 0.5) is 0 Å². The summed E-state index contributed by atoms with van der Waals surface area (Å²) in [7, 11) is 0. The molecule has 0 saturated heterocycles. The van der Waals surface area contributed by atoms with Gasteiger partial charge in [-0.1, -0.05) is 86.4 Å². The van der Waals surface area contributed by atoms with Gasteiger partial charge in [-0.2, -0.15) is 0 Å². The Morgan fingerprint density at radius 1 is 0.731 bits per heavy atom. The third-order valence-corrected chi connectivity index (χ3v) is 7.92. The highest BCUT2D eigenvalue weighted by Gasteiger charge is 2.31. The Bertz CT molecular complexity index is 489. The van der Waals surface area contributed by atoms with Crippen molar-refractivity contribution in [3.05, 3.63) is 34.3 Å². The quantitative estimate of drug-likeness (QED) is 0.369. The molecule has 2 aliphatic rings. The molecule has 26 heavy (non-hydrogen) atoms. The van der Waals surface area contributed by atoms with Crippen molar-refractivity contribution in [2.75, 3.05) is 0 Å². The fourth-order valence-corrected chi connectivity index (χ4v) is 5.91. The average Bonchev–Trinajstić information content (AvgIpc) is 2.69. The van der Waals surface area contributed by atoms with Crippen molar-refractivity contribution in [3.8, 4) is 0 Å². The lowest BCUT2D eigenvalue weighted by Gasteiger charge is -2.38. The van der Waals surface area contributed by atoms with Gasteiger partial charge in [0.1, 0.15) is 0 Å². The van der Waals surface area contributed by atoms with Gasteiger partial charge in [-0.05, 0) is 79.9 Å². The van der Waals surface area contributed by atoms with Crippen LogP contribution in [0, 0.1) is 17.8 Å². The fourth-order valence-electron chi connectivity index (χ4n) is 5.64. The van der Waals surface area contributed by atoms with E-state index in [1.807, 2.05) is 0 Å². The van der Waals surface area contributed by atoms with Gasteiger partial charge in [0.2, 0.25) is 0 Å². The van der Waals surface area contributed by atoms with Crippen molar-refractivity contribution in [2.24, 2.45) is 17.8 Å². The van der Waals surface area contributed by atoms with Gasteiger partial charge in [-0.25, -0.2) is 0 Å². The zero-order valence-corrected chi connectivity index (χ0v) is 18.5. The topological polar surface area (TPSA) is 0 Å². The van der Waals surface area contributed by atoms with E-state index in [-0.39, 0.29) is 0 Å². The van der Waals surface area contributed by atoms with Gasteiger partial charge >= 0.3 is 0 Å². The van der Waals surface area contributed by atoms with Gasteiger partial charge in [0.15, 0.2) is 0 Å². The van der Waals surface area contributed by atoms with Gasteiger partial charge < -0.3 is 0 Å². The molecule has 2 saturated carbocycles. The Morgan fingerprint density at radius 2 is 1.31 bits per heavy atom. The zero-order chi connectivity index (χ0) is 18.2. The molecule has 3 rings (SSSR count). The largest absolute Gasteiger partial charge is 0.0654 e. The van der Waals surface area contributed by atoms with E-state index >= 15 is 0 Å². The van der Waals surface area contributed by atoms with Gasteiger partial charge in [-0.15, -0.1) is 0 Å². The Labute approximate surface area is 170 Å². The minimum atomic E-state index is 0.818. The summed E-state index contributed by atoms with van der Waals surface area (Å²) in [6, 6.07) is 9.09. The highest BCUT2D eigenvalue weighted by Crippen LogP contribution is 2.44. The second-order valence-electron chi connectivity index (χ2n) is 9.15. The van der Waals surface area contributed by atoms with E-state index in [1.54, 1.807) is 5.56 Å². The molecule has 0 spiro atoms. The number of rotatable bonds is 8. The molecule has 1 aromatic rings. The fraction of sp³-hybridized carbons (Fsp3) is 0.760. The molecule has 2 aliphatic carbocycles. The van der Waals surface area contributed by atoms with Crippen LogP contribution in [-0.2, 0) is 0 Å². The van der Waals surface area contributed by atoms with Crippen LogP contribution >= 0.6 is 15.9 Å². The van der Waals surface area contributed by atoms with Gasteiger partial charge in [0.05, 0.1) is 0 Å². The molecule has 0 N–H and O–H groups in total. The molecule has 0 unspecified atom stereocenters. The smallest absolute Gasteiger partial charge is 0.0175 e. The van der Waals surface area contributed by atoms with Crippen LogP contribution in [0.2, 0.25) is 0 Å². The van der Waals surface area contributed by atoms with Crippen molar-refractivity contribution in [1.82, 2.24) is 0 Å². The lowest BCUT2D eigenvalue weighted by molar-refractivity contribution is 0.155. The predicted molar refractivity (Wildman–Crippen MR) is 118 cm³/mol. The van der Waals surface area contributed by atoms with Crippen LogP contribution < -0.4 is 0 Å². The monoisotopic (exact) mass is 418 g/mol. The van der Waals surface area contributed by atoms with Crippen molar-refractivity contribution in [2.45, 2.75) is 103 Å². The number of unbranched alkanes of at least 4 members (excludes halogenated alkanes) is 4. The van der Waals surface area contributed by atoms with Gasteiger partial charge in [-0.3, -0.25) is 0 Å². The van der Waals surface area contributed by atoms with E-state index in [0.29, 0.717) is 0 Å². The summed E-state index contributed by atoms with van der Waals surface area (Å²) in [6.07, 6.45) is 20.7. The highest BCUT2D eigenvalue weighted by molar-refractivity contribution is 9.10. The highest BCUT2D eigenvalue weighted by atomic mass is 79.9. The molecule has 0 nitrogen and oxygen atoms in total. The van der Waals surface area contributed by atoms with Crippen molar-refractivity contribution < 1.29 is 0 Å². The molecule has 1 heteroatoms. The maximum absolute atomic E-state index is 3.56. The van der Waals surface area contributed by atoms with Crippen LogP contribution in [0.5, 0.6) is 0 Å². The van der Waals surface area contributed by atoms with E-state index in [0.717, 1.165) is 23.7 Å². The van der Waals surface area contributed by atoms with E-state index in [2.05, 4.69) is 47.1 Å². The molecular weight excluding hydrogens is 380 g/mol.